The van der Waals surface area contributed by atoms with Crippen molar-refractivity contribution in [2.75, 3.05) is 13.7 Å². The van der Waals surface area contributed by atoms with Crippen molar-refractivity contribution in [3.63, 3.8) is 0 Å². The summed E-state index contributed by atoms with van der Waals surface area (Å²) in [5, 5.41) is 0. The lowest BCUT2D eigenvalue weighted by atomic mass is 10.1. The van der Waals surface area contributed by atoms with E-state index in [1.165, 1.54) is 7.11 Å². The summed E-state index contributed by atoms with van der Waals surface area (Å²) >= 11 is 0. The van der Waals surface area contributed by atoms with Gasteiger partial charge < -0.3 is 9.64 Å². The molecule has 1 aromatic rings. The van der Waals surface area contributed by atoms with E-state index < -0.39 is 5.97 Å². The van der Waals surface area contributed by atoms with E-state index in [9.17, 15) is 9.59 Å². The zero-order chi connectivity index (χ0) is 15.1. The van der Waals surface area contributed by atoms with E-state index in [1.54, 1.807) is 4.90 Å². The maximum atomic E-state index is 12.2. The largest absolute Gasteiger partial charge is 0.468 e. The third kappa shape index (κ3) is 5.03. The number of methoxy groups -OCH3 is 1. The van der Waals surface area contributed by atoms with Crippen LogP contribution >= 0.6 is 0 Å². The summed E-state index contributed by atoms with van der Waals surface area (Å²) in [5.41, 5.74) is 2.16. The van der Waals surface area contributed by atoms with Crippen molar-refractivity contribution < 1.29 is 14.3 Å². The summed E-state index contributed by atoms with van der Waals surface area (Å²) in [4.78, 5) is 25.3. The number of rotatable bonds is 6. The van der Waals surface area contributed by atoms with E-state index in [2.05, 4.69) is 4.74 Å². The third-order valence-corrected chi connectivity index (χ3v) is 3.11. The lowest BCUT2D eigenvalue weighted by Crippen LogP contribution is -2.36. The van der Waals surface area contributed by atoms with Gasteiger partial charge in [0, 0.05) is 13.0 Å². The second-order valence-electron chi connectivity index (χ2n) is 5.35. The smallest absolute Gasteiger partial charge is 0.325 e. The maximum absolute atomic E-state index is 12.2. The van der Waals surface area contributed by atoms with Gasteiger partial charge in [0.15, 0.2) is 0 Å². The first-order valence-corrected chi connectivity index (χ1v) is 6.83. The van der Waals surface area contributed by atoms with E-state index in [0.29, 0.717) is 13.0 Å². The van der Waals surface area contributed by atoms with Crippen molar-refractivity contribution in [1.82, 2.24) is 4.90 Å². The molecule has 4 heteroatoms. The van der Waals surface area contributed by atoms with Gasteiger partial charge in [-0.1, -0.05) is 38.1 Å². The number of amides is 1. The zero-order valence-electron chi connectivity index (χ0n) is 12.7. The van der Waals surface area contributed by atoms with Crippen LogP contribution in [0, 0.1) is 12.8 Å². The highest BCUT2D eigenvalue weighted by Gasteiger charge is 2.19. The average Bonchev–Trinajstić information content (AvgIpc) is 2.39. The molecule has 0 aromatic heterocycles. The van der Waals surface area contributed by atoms with Gasteiger partial charge in [0.1, 0.15) is 6.54 Å². The summed E-state index contributed by atoms with van der Waals surface area (Å²) in [7, 11) is 1.33. The molecule has 0 unspecified atom stereocenters. The molecule has 0 aliphatic rings. The number of aryl methyl sites for hydroxylation is 1. The van der Waals surface area contributed by atoms with Gasteiger partial charge in [-0.25, -0.2) is 0 Å². The van der Waals surface area contributed by atoms with E-state index in [-0.39, 0.29) is 18.4 Å². The highest BCUT2D eigenvalue weighted by atomic mass is 16.5. The Morgan fingerprint density at radius 2 is 1.90 bits per heavy atom. The fourth-order valence-electron chi connectivity index (χ4n) is 1.92. The van der Waals surface area contributed by atoms with Crippen LogP contribution in [-0.2, 0) is 20.9 Å². The van der Waals surface area contributed by atoms with E-state index in [0.717, 1.165) is 11.1 Å². The monoisotopic (exact) mass is 277 g/mol. The van der Waals surface area contributed by atoms with Crippen molar-refractivity contribution in [3.8, 4) is 0 Å². The number of carbonyl (C=O) groups excluding carboxylic acids is 2. The number of hydrogen-bond donors (Lipinski definition) is 0. The molecule has 0 bridgehead atoms. The molecule has 4 nitrogen and oxygen atoms in total. The van der Waals surface area contributed by atoms with Crippen LogP contribution in [0.25, 0.3) is 0 Å². The first-order valence-electron chi connectivity index (χ1n) is 6.83. The highest BCUT2D eigenvalue weighted by molar-refractivity contribution is 5.82. The SMILES string of the molecule is COC(=O)CN(Cc1ccccc1C)C(=O)CC(C)C. The molecule has 110 valence electrons. The fourth-order valence-corrected chi connectivity index (χ4v) is 1.92. The molecule has 1 amide bonds. The summed E-state index contributed by atoms with van der Waals surface area (Å²) < 4.78 is 4.67. The average molecular weight is 277 g/mol. The Balaban J connectivity index is 2.84. The number of esters is 1. The van der Waals surface area contributed by atoms with Gasteiger partial charge in [-0.05, 0) is 24.0 Å². The number of ether oxygens (including phenoxy) is 1. The Hall–Kier alpha value is -1.84. The number of hydrogen-bond acceptors (Lipinski definition) is 3. The molecule has 1 aromatic carbocycles. The van der Waals surface area contributed by atoms with Crippen LogP contribution in [0.15, 0.2) is 24.3 Å². The highest BCUT2D eigenvalue weighted by Crippen LogP contribution is 2.13. The molecule has 0 saturated heterocycles. The molecule has 0 heterocycles. The second kappa shape index (κ2) is 7.68. The van der Waals surface area contributed by atoms with Crippen molar-refractivity contribution in [3.05, 3.63) is 35.4 Å². The first kappa shape index (κ1) is 16.2. The van der Waals surface area contributed by atoms with Gasteiger partial charge in [0.2, 0.25) is 5.91 Å². The Morgan fingerprint density at radius 3 is 2.45 bits per heavy atom. The number of carbonyl (C=O) groups is 2. The van der Waals surface area contributed by atoms with Gasteiger partial charge in [-0.2, -0.15) is 0 Å². The molecule has 0 fully saturated rings. The van der Waals surface area contributed by atoms with E-state index >= 15 is 0 Å². The zero-order valence-corrected chi connectivity index (χ0v) is 12.7. The number of nitrogens with zero attached hydrogens (tertiary/aromatic N) is 1. The summed E-state index contributed by atoms with van der Waals surface area (Å²) in [6.45, 7) is 6.41. The minimum absolute atomic E-state index is 0.00358. The Morgan fingerprint density at radius 1 is 1.25 bits per heavy atom. The van der Waals surface area contributed by atoms with Gasteiger partial charge in [0.25, 0.3) is 0 Å². The molecule has 0 radical (unpaired) electrons. The Labute approximate surface area is 120 Å². The van der Waals surface area contributed by atoms with Crippen molar-refractivity contribution >= 4 is 11.9 Å². The molecule has 20 heavy (non-hydrogen) atoms. The molecule has 0 aliphatic heterocycles. The predicted molar refractivity (Wildman–Crippen MR) is 78.1 cm³/mol. The molecular formula is C16H23NO3. The number of benzene rings is 1. The van der Waals surface area contributed by atoms with Gasteiger partial charge in [0.05, 0.1) is 7.11 Å². The summed E-state index contributed by atoms with van der Waals surface area (Å²) in [5.74, 6) is -0.149. The standard InChI is InChI=1S/C16H23NO3/c1-12(2)9-15(18)17(11-16(19)20-4)10-14-8-6-5-7-13(14)3/h5-8,12H,9-11H2,1-4H3. The van der Waals surface area contributed by atoms with Gasteiger partial charge >= 0.3 is 5.97 Å². The van der Waals surface area contributed by atoms with Crippen LogP contribution in [-0.4, -0.2) is 30.4 Å². The topological polar surface area (TPSA) is 46.6 Å². The molecule has 0 saturated carbocycles. The van der Waals surface area contributed by atoms with Gasteiger partial charge in [-0.3, -0.25) is 9.59 Å². The van der Waals surface area contributed by atoms with Crippen molar-refractivity contribution in [1.29, 1.82) is 0 Å². The minimum Gasteiger partial charge on any atom is -0.468 e. The second-order valence-corrected chi connectivity index (χ2v) is 5.35. The van der Waals surface area contributed by atoms with Crippen LogP contribution < -0.4 is 0 Å². The van der Waals surface area contributed by atoms with Crippen LogP contribution in [0.1, 0.15) is 31.4 Å². The first-order chi connectivity index (χ1) is 9.43. The Bertz CT molecular complexity index is 469. The molecule has 0 N–H and O–H groups in total. The fraction of sp³-hybridized carbons (Fsp3) is 0.500. The summed E-state index contributed by atoms with van der Waals surface area (Å²) in [6.07, 6.45) is 0.433. The van der Waals surface area contributed by atoms with Crippen molar-refractivity contribution in [2.45, 2.75) is 33.7 Å². The predicted octanol–water partition coefficient (Wildman–Crippen LogP) is 2.54. The summed E-state index contributed by atoms with van der Waals surface area (Å²) in [6, 6.07) is 7.87. The lowest BCUT2D eigenvalue weighted by Gasteiger charge is -2.23. The van der Waals surface area contributed by atoms with Crippen LogP contribution in [0.5, 0.6) is 0 Å². The van der Waals surface area contributed by atoms with Crippen LogP contribution in [0.2, 0.25) is 0 Å². The molecule has 0 spiro atoms. The molecule has 0 aliphatic carbocycles. The molecule has 1 rings (SSSR count). The van der Waals surface area contributed by atoms with E-state index in [4.69, 9.17) is 0 Å². The van der Waals surface area contributed by atoms with Crippen molar-refractivity contribution in [2.24, 2.45) is 5.92 Å². The van der Waals surface area contributed by atoms with Gasteiger partial charge in [-0.15, -0.1) is 0 Å². The maximum Gasteiger partial charge on any atom is 0.325 e. The minimum atomic E-state index is -0.393. The molecular weight excluding hydrogens is 254 g/mol. The third-order valence-electron chi connectivity index (χ3n) is 3.11. The van der Waals surface area contributed by atoms with Crippen LogP contribution in [0.3, 0.4) is 0 Å². The molecule has 0 atom stereocenters. The Kier molecular flexibility index (Phi) is 6.22. The lowest BCUT2D eigenvalue weighted by molar-refractivity contribution is -0.147. The van der Waals surface area contributed by atoms with Crippen LogP contribution in [0.4, 0.5) is 0 Å². The quantitative estimate of drug-likeness (QED) is 0.751. The normalized spacial score (nSPS) is 10.4. The van der Waals surface area contributed by atoms with E-state index in [1.807, 2.05) is 45.0 Å².